The molecule has 0 spiro atoms. The number of hydrogen-bond acceptors (Lipinski definition) is 1. The molecule has 102 valence electrons. The highest BCUT2D eigenvalue weighted by molar-refractivity contribution is 5.94. The number of carbonyl (C=O) groups excluding carboxylic acids is 1. The molecule has 0 unspecified atom stereocenters. The van der Waals surface area contributed by atoms with E-state index in [1.54, 1.807) is 13.8 Å². The molecule has 0 saturated carbocycles. The van der Waals surface area contributed by atoms with Crippen molar-refractivity contribution in [2.24, 2.45) is 0 Å². The zero-order valence-electron chi connectivity index (χ0n) is 9.23. The highest BCUT2D eigenvalue weighted by Crippen LogP contribution is 2.30. The Balaban J connectivity index is 0.00000289. The fraction of sp³-hybridized carbons (Fsp3) is 0.417. The third-order valence-electron chi connectivity index (χ3n) is 1.91. The van der Waals surface area contributed by atoms with Gasteiger partial charge in [-0.2, -0.15) is 13.2 Å². The molecule has 0 aliphatic carbocycles. The van der Waals surface area contributed by atoms with Crippen LogP contribution in [0, 0.1) is 5.82 Å². The van der Waals surface area contributed by atoms with Crippen LogP contribution in [-0.2, 0) is 6.18 Å². The van der Waals surface area contributed by atoms with Crippen LogP contribution < -0.4 is 5.32 Å². The molecule has 0 aromatic heterocycles. The second kappa shape index (κ2) is 5.84. The molecule has 0 fully saturated rings. The van der Waals surface area contributed by atoms with Gasteiger partial charge in [-0.05, 0) is 32.0 Å². The largest absolute Gasteiger partial charge is 0.416 e. The first-order chi connectivity index (χ1) is 7.70. The number of benzene rings is 1. The van der Waals surface area contributed by atoms with Gasteiger partial charge in [-0.25, -0.2) is 4.39 Å². The summed E-state index contributed by atoms with van der Waals surface area (Å²) in [5, 5.41) is 2.39. The highest BCUT2D eigenvalue weighted by Gasteiger charge is 2.31. The summed E-state index contributed by atoms with van der Waals surface area (Å²) < 4.78 is 50.1. The van der Waals surface area contributed by atoms with Crippen LogP contribution in [0.15, 0.2) is 18.2 Å². The lowest BCUT2D eigenvalue weighted by molar-refractivity contribution is -0.137. The molecule has 0 radical (unpaired) electrons. The van der Waals surface area contributed by atoms with Gasteiger partial charge in [0.2, 0.25) is 0 Å². The van der Waals surface area contributed by atoms with Crippen molar-refractivity contribution in [3.05, 3.63) is 35.1 Å². The Kier molecular flexibility index (Phi) is 5.32. The summed E-state index contributed by atoms with van der Waals surface area (Å²) in [6.07, 6.45) is -4.67. The SMILES string of the molecule is C.CC(C)NC(=O)c1cc(F)cc(C(F)(F)F)c1. The maximum absolute atomic E-state index is 13.0. The second-order valence-corrected chi connectivity index (χ2v) is 3.85. The molecule has 0 aliphatic rings. The number of carbonyl (C=O) groups is 1. The molecule has 0 atom stereocenters. The lowest BCUT2D eigenvalue weighted by atomic mass is 10.1. The van der Waals surface area contributed by atoms with E-state index >= 15 is 0 Å². The van der Waals surface area contributed by atoms with Crippen LogP contribution in [0.25, 0.3) is 0 Å². The van der Waals surface area contributed by atoms with Crippen molar-refractivity contribution in [3.63, 3.8) is 0 Å². The van der Waals surface area contributed by atoms with E-state index in [2.05, 4.69) is 5.32 Å². The Morgan fingerprint density at radius 3 is 2.22 bits per heavy atom. The molecule has 0 bridgehead atoms. The Hall–Kier alpha value is -1.59. The molecule has 1 aromatic rings. The van der Waals surface area contributed by atoms with Gasteiger partial charge >= 0.3 is 6.18 Å². The lowest BCUT2D eigenvalue weighted by Gasteiger charge is -2.11. The Bertz CT molecular complexity index is 427. The summed E-state index contributed by atoms with van der Waals surface area (Å²) in [6.45, 7) is 3.31. The number of rotatable bonds is 2. The molecule has 0 heterocycles. The van der Waals surface area contributed by atoms with E-state index < -0.39 is 23.5 Å². The summed E-state index contributed by atoms with van der Waals surface area (Å²) in [7, 11) is 0. The van der Waals surface area contributed by atoms with Gasteiger partial charge in [0.15, 0.2) is 0 Å². The maximum Gasteiger partial charge on any atom is 0.416 e. The predicted molar refractivity (Wildman–Crippen MR) is 60.7 cm³/mol. The van der Waals surface area contributed by atoms with E-state index in [0.717, 1.165) is 6.07 Å². The summed E-state index contributed by atoms with van der Waals surface area (Å²) >= 11 is 0. The minimum atomic E-state index is -4.67. The first kappa shape index (κ1) is 16.4. The van der Waals surface area contributed by atoms with Crippen LogP contribution in [0.1, 0.15) is 37.2 Å². The quantitative estimate of drug-likeness (QED) is 0.813. The van der Waals surface area contributed by atoms with Gasteiger partial charge in [-0.15, -0.1) is 0 Å². The fourth-order valence-corrected chi connectivity index (χ4v) is 1.23. The van der Waals surface area contributed by atoms with E-state index in [0.29, 0.717) is 12.1 Å². The molecular weight excluding hydrogens is 250 g/mol. The Labute approximate surface area is 103 Å². The van der Waals surface area contributed by atoms with Crippen LogP contribution in [0.4, 0.5) is 17.6 Å². The van der Waals surface area contributed by atoms with E-state index in [1.165, 1.54) is 0 Å². The molecule has 0 saturated heterocycles. The van der Waals surface area contributed by atoms with Crippen LogP contribution in [0.3, 0.4) is 0 Å². The van der Waals surface area contributed by atoms with Crippen LogP contribution in [0.5, 0.6) is 0 Å². The van der Waals surface area contributed by atoms with E-state index in [9.17, 15) is 22.4 Å². The molecule has 1 N–H and O–H groups in total. The second-order valence-electron chi connectivity index (χ2n) is 3.85. The summed E-state index contributed by atoms with van der Waals surface area (Å²) in [5.41, 5.74) is -1.52. The van der Waals surface area contributed by atoms with E-state index in [-0.39, 0.29) is 19.0 Å². The number of hydrogen-bond donors (Lipinski definition) is 1. The number of amides is 1. The first-order valence-corrected chi connectivity index (χ1v) is 4.89. The fourth-order valence-electron chi connectivity index (χ4n) is 1.23. The van der Waals surface area contributed by atoms with Gasteiger partial charge in [-0.3, -0.25) is 4.79 Å². The first-order valence-electron chi connectivity index (χ1n) is 4.89. The monoisotopic (exact) mass is 265 g/mol. The highest BCUT2D eigenvalue weighted by atomic mass is 19.4. The Morgan fingerprint density at radius 2 is 1.78 bits per heavy atom. The predicted octanol–water partition coefficient (Wildman–Crippen LogP) is 3.62. The van der Waals surface area contributed by atoms with Gasteiger partial charge in [0, 0.05) is 11.6 Å². The van der Waals surface area contributed by atoms with Crippen LogP contribution in [0.2, 0.25) is 0 Å². The third kappa shape index (κ3) is 4.35. The average molecular weight is 265 g/mol. The minimum Gasteiger partial charge on any atom is -0.350 e. The van der Waals surface area contributed by atoms with Crippen molar-refractivity contribution < 1.29 is 22.4 Å². The molecule has 18 heavy (non-hydrogen) atoms. The standard InChI is InChI=1S/C11H11F4NO.CH4/c1-6(2)16-10(17)7-3-8(11(13,14)15)5-9(12)4-7;/h3-6H,1-2H3,(H,16,17);1H4. The zero-order chi connectivity index (χ0) is 13.2. The summed E-state index contributed by atoms with van der Waals surface area (Å²) in [6, 6.07) is 1.51. The van der Waals surface area contributed by atoms with E-state index in [4.69, 9.17) is 0 Å². The smallest absolute Gasteiger partial charge is 0.350 e. The minimum absolute atomic E-state index is 0. The number of nitrogens with one attached hydrogen (secondary N) is 1. The molecule has 6 heteroatoms. The van der Waals surface area contributed by atoms with Crippen molar-refractivity contribution in [1.29, 1.82) is 0 Å². The Morgan fingerprint density at radius 1 is 1.22 bits per heavy atom. The lowest BCUT2D eigenvalue weighted by Crippen LogP contribution is -2.30. The maximum atomic E-state index is 13.0. The molecular formula is C12H15F4NO. The van der Waals surface area contributed by atoms with Gasteiger partial charge in [0.1, 0.15) is 5.82 Å². The van der Waals surface area contributed by atoms with E-state index in [1.807, 2.05) is 0 Å². The van der Waals surface area contributed by atoms with Crippen molar-refractivity contribution in [1.82, 2.24) is 5.32 Å². The third-order valence-corrected chi connectivity index (χ3v) is 1.91. The van der Waals surface area contributed by atoms with Crippen LogP contribution in [-0.4, -0.2) is 11.9 Å². The number of alkyl halides is 3. The van der Waals surface area contributed by atoms with Crippen molar-refractivity contribution >= 4 is 5.91 Å². The van der Waals surface area contributed by atoms with Gasteiger partial charge in [-0.1, -0.05) is 7.43 Å². The average Bonchev–Trinajstić information content (AvgIpc) is 2.14. The summed E-state index contributed by atoms with van der Waals surface area (Å²) in [5.74, 6) is -1.82. The van der Waals surface area contributed by atoms with Crippen molar-refractivity contribution in [2.75, 3.05) is 0 Å². The molecule has 1 rings (SSSR count). The van der Waals surface area contributed by atoms with Crippen LogP contribution >= 0.6 is 0 Å². The normalized spacial score (nSPS) is 11.1. The molecule has 1 amide bonds. The van der Waals surface area contributed by atoms with Crippen molar-refractivity contribution in [3.8, 4) is 0 Å². The summed E-state index contributed by atoms with van der Waals surface area (Å²) in [4.78, 5) is 11.4. The molecule has 0 aliphatic heterocycles. The van der Waals surface area contributed by atoms with Gasteiger partial charge in [0.05, 0.1) is 5.56 Å². The van der Waals surface area contributed by atoms with Crippen molar-refractivity contribution in [2.45, 2.75) is 33.5 Å². The number of halogens is 4. The zero-order valence-corrected chi connectivity index (χ0v) is 9.23. The molecule has 2 nitrogen and oxygen atoms in total. The topological polar surface area (TPSA) is 29.1 Å². The molecule has 1 aromatic carbocycles. The van der Waals surface area contributed by atoms with Gasteiger partial charge < -0.3 is 5.32 Å². The van der Waals surface area contributed by atoms with Gasteiger partial charge in [0.25, 0.3) is 5.91 Å².